The van der Waals surface area contributed by atoms with Crippen LogP contribution in [0, 0.1) is 0 Å². The number of carboxylic acids is 1. The second-order valence-corrected chi connectivity index (χ2v) is 7.77. The van der Waals surface area contributed by atoms with Crippen molar-refractivity contribution in [3.05, 3.63) is 71.2 Å². The van der Waals surface area contributed by atoms with Gasteiger partial charge in [-0.05, 0) is 47.7 Å². The lowest BCUT2D eigenvalue weighted by atomic mass is 10.2. The van der Waals surface area contributed by atoms with E-state index in [1.165, 1.54) is 30.2 Å². The predicted molar refractivity (Wildman–Crippen MR) is 127 cm³/mol. The Kier molecular flexibility index (Phi) is 7.93. The minimum Gasteiger partial charge on any atom is -0.507 e. The first-order valence-electron chi connectivity index (χ1n) is 9.85. The van der Waals surface area contributed by atoms with Gasteiger partial charge in [-0.25, -0.2) is 10.2 Å². The highest BCUT2D eigenvalue weighted by atomic mass is 32.2. The molecule has 2 aromatic carbocycles. The molecule has 0 unspecified atom stereocenters. The molecule has 0 aromatic heterocycles. The van der Waals surface area contributed by atoms with Crippen LogP contribution in [-0.2, 0) is 9.59 Å². The summed E-state index contributed by atoms with van der Waals surface area (Å²) in [5, 5.41) is 22.9. The van der Waals surface area contributed by atoms with Gasteiger partial charge in [-0.1, -0.05) is 24.3 Å². The van der Waals surface area contributed by atoms with E-state index in [4.69, 9.17) is 14.6 Å². The highest BCUT2D eigenvalue weighted by molar-refractivity contribution is 8.18. The molecule has 0 spiro atoms. The molecule has 1 fully saturated rings. The third-order valence-corrected chi connectivity index (χ3v) is 5.44. The number of nitrogens with zero attached hydrogens (tertiary/aromatic N) is 2. The van der Waals surface area contributed by atoms with Crippen LogP contribution >= 0.6 is 11.8 Å². The van der Waals surface area contributed by atoms with Gasteiger partial charge in [0.25, 0.3) is 11.8 Å². The molecule has 3 N–H and O–H groups in total. The van der Waals surface area contributed by atoms with E-state index in [9.17, 15) is 19.5 Å². The molecular weight excluding hydrogens is 462 g/mol. The Morgan fingerprint density at radius 1 is 1.24 bits per heavy atom. The van der Waals surface area contributed by atoms with Crippen molar-refractivity contribution in [2.45, 2.75) is 0 Å². The molecule has 2 amide bonds. The molecule has 1 saturated heterocycles. The summed E-state index contributed by atoms with van der Waals surface area (Å²) in [5.74, 6) is -1.73. The monoisotopic (exact) mass is 483 g/mol. The van der Waals surface area contributed by atoms with Crippen LogP contribution in [0.4, 0.5) is 0 Å². The normalized spacial score (nSPS) is 15.4. The topological polar surface area (TPSA) is 138 Å². The number of ether oxygens (including phenoxy) is 2. The van der Waals surface area contributed by atoms with E-state index in [2.05, 4.69) is 17.1 Å². The van der Waals surface area contributed by atoms with Crippen molar-refractivity contribution in [1.82, 2.24) is 10.3 Å². The minimum atomic E-state index is -1.12. The number of hydrazone groups is 1. The number of carbonyl (C=O) groups excluding carboxylic acids is 2. The van der Waals surface area contributed by atoms with Crippen LogP contribution in [0.25, 0.3) is 6.08 Å². The van der Waals surface area contributed by atoms with Gasteiger partial charge in [0, 0.05) is 6.54 Å². The standard InChI is InChI=1S/C23H21N3O7S/c1-3-10-26-22(31)19(12-14-8-9-17(18(11-14)32-2)33-13-20(28)29)34-23(26)25-24-21(30)15-6-4-5-7-16(15)27/h3-9,11-12,27H,1,10,13H2,2H3,(H,24,30)(H,28,29)/b19-12-,25-23+. The Bertz CT molecular complexity index is 1190. The Balaban J connectivity index is 1.83. The zero-order valence-electron chi connectivity index (χ0n) is 18.1. The molecular formula is C23H21N3O7S. The molecule has 1 aliphatic rings. The lowest BCUT2D eigenvalue weighted by molar-refractivity contribution is -0.139. The maximum absolute atomic E-state index is 12.9. The zero-order chi connectivity index (χ0) is 24.7. The van der Waals surface area contributed by atoms with Gasteiger partial charge >= 0.3 is 5.97 Å². The van der Waals surface area contributed by atoms with Gasteiger partial charge in [-0.3, -0.25) is 14.5 Å². The Labute approximate surface area is 199 Å². The predicted octanol–water partition coefficient (Wildman–Crippen LogP) is 2.67. The number of nitrogens with one attached hydrogen (secondary N) is 1. The molecule has 0 atom stereocenters. The lowest BCUT2D eigenvalue weighted by Gasteiger charge is -2.12. The molecule has 2 aromatic rings. The molecule has 10 nitrogen and oxygen atoms in total. The van der Waals surface area contributed by atoms with E-state index >= 15 is 0 Å². The van der Waals surface area contributed by atoms with Gasteiger partial charge in [0.15, 0.2) is 23.3 Å². The van der Waals surface area contributed by atoms with Crippen LogP contribution in [0.2, 0.25) is 0 Å². The van der Waals surface area contributed by atoms with Crippen LogP contribution in [-0.4, -0.2) is 58.3 Å². The van der Waals surface area contributed by atoms with Crippen molar-refractivity contribution in [2.75, 3.05) is 20.3 Å². The van der Waals surface area contributed by atoms with E-state index in [0.717, 1.165) is 11.8 Å². The van der Waals surface area contributed by atoms with E-state index < -0.39 is 18.5 Å². The highest BCUT2D eigenvalue weighted by Crippen LogP contribution is 2.34. The summed E-state index contributed by atoms with van der Waals surface area (Å²) in [7, 11) is 1.42. The number of para-hydroxylation sites is 1. The molecule has 0 saturated carbocycles. The molecule has 176 valence electrons. The summed E-state index contributed by atoms with van der Waals surface area (Å²) >= 11 is 1.05. The van der Waals surface area contributed by atoms with Crippen molar-refractivity contribution in [1.29, 1.82) is 0 Å². The van der Waals surface area contributed by atoms with Crippen LogP contribution in [0.15, 0.2) is 65.1 Å². The fourth-order valence-corrected chi connectivity index (χ4v) is 3.84. The lowest BCUT2D eigenvalue weighted by Crippen LogP contribution is -2.31. The largest absolute Gasteiger partial charge is 0.507 e. The van der Waals surface area contributed by atoms with Crippen LogP contribution in [0.3, 0.4) is 0 Å². The maximum atomic E-state index is 12.9. The first-order chi connectivity index (χ1) is 16.3. The van der Waals surface area contributed by atoms with Gasteiger partial charge in [-0.2, -0.15) is 0 Å². The summed E-state index contributed by atoms with van der Waals surface area (Å²) in [6, 6.07) is 10.8. The SMILES string of the molecule is C=CCN1C(=O)/C(=C/c2ccc(OCC(=O)O)c(OC)c2)S/C1=N/NC(=O)c1ccccc1O. The Morgan fingerprint density at radius 2 is 2.00 bits per heavy atom. The van der Waals surface area contributed by atoms with Crippen molar-refractivity contribution in [3.8, 4) is 17.2 Å². The minimum absolute atomic E-state index is 0.0458. The first-order valence-corrected chi connectivity index (χ1v) is 10.7. The van der Waals surface area contributed by atoms with Gasteiger partial charge in [0.1, 0.15) is 5.75 Å². The number of hydrogen-bond acceptors (Lipinski definition) is 8. The molecule has 34 heavy (non-hydrogen) atoms. The quantitative estimate of drug-likeness (QED) is 0.281. The number of aliphatic carboxylic acids is 1. The van der Waals surface area contributed by atoms with Gasteiger partial charge in [0.2, 0.25) is 0 Å². The number of phenolic OH excluding ortho intramolecular Hbond substituents is 1. The molecule has 1 heterocycles. The van der Waals surface area contributed by atoms with E-state index in [-0.39, 0.29) is 34.7 Å². The third kappa shape index (κ3) is 5.75. The third-order valence-electron chi connectivity index (χ3n) is 4.44. The van der Waals surface area contributed by atoms with Crippen molar-refractivity contribution < 1.29 is 34.1 Å². The number of carbonyl (C=O) groups is 3. The van der Waals surface area contributed by atoms with Gasteiger partial charge < -0.3 is 19.7 Å². The van der Waals surface area contributed by atoms with E-state index in [0.29, 0.717) is 16.2 Å². The number of aromatic hydroxyl groups is 1. The van der Waals surface area contributed by atoms with Crippen molar-refractivity contribution >= 4 is 40.8 Å². The number of hydrogen-bond donors (Lipinski definition) is 3. The maximum Gasteiger partial charge on any atom is 0.341 e. The number of amidine groups is 1. The zero-order valence-corrected chi connectivity index (χ0v) is 18.9. The number of rotatable bonds is 9. The fraction of sp³-hybridized carbons (Fsp3) is 0.130. The Morgan fingerprint density at radius 3 is 2.68 bits per heavy atom. The summed E-state index contributed by atoms with van der Waals surface area (Å²) in [6.45, 7) is 3.30. The van der Waals surface area contributed by atoms with E-state index in [1.54, 1.807) is 36.4 Å². The molecule has 11 heteroatoms. The average molecular weight is 484 g/mol. The van der Waals surface area contributed by atoms with Crippen LogP contribution in [0.5, 0.6) is 17.2 Å². The second kappa shape index (κ2) is 11.1. The number of carboxylic acid groups (broad SMARTS) is 1. The van der Waals surface area contributed by atoms with E-state index in [1.807, 2.05) is 0 Å². The van der Waals surface area contributed by atoms with Crippen LogP contribution in [0.1, 0.15) is 15.9 Å². The van der Waals surface area contributed by atoms with Crippen molar-refractivity contribution in [3.63, 3.8) is 0 Å². The number of phenols is 1. The Hall–Kier alpha value is -4.25. The van der Waals surface area contributed by atoms with Gasteiger partial charge in [0.05, 0.1) is 17.6 Å². The highest BCUT2D eigenvalue weighted by Gasteiger charge is 2.33. The fourth-order valence-electron chi connectivity index (χ4n) is 2.89. The number of methoxy groups -OCH3 is 1. The van der Waals surface area contributed by atoms with Gasteiger partial charge in [-0.15, -0.1) is 11.7 Å². The summed E-state index contributed by atoms with van der Waals surface area (Å²) < 4.78 is 10.4. The summed E-state index contributed by atoms with van der Waals surface area (Å²) in [5.41, 5.74) is 3.00. The molecule has 1 aliphatic heterocycles. The van der Waals surface area contributed by atoms with Crippen LogP contribution < -0.4 is 14.9 Å². The summed E-state index contributed by atoms with van der Waals surface area (Å²) in [4.78, 5) is 37.7. The number of amides is 2. The molecule has 3 rings (SSSR count). The number of thioether (sulfide) groups is 1. The molecule has 0 radical (unpaired) electrons. The van der Waals surface area contributed by atoms with Crippen molar-refractivity contribution in [2.24, 2.45) is 5.10 Å². The first kappa shape index (κ1) is 24.4. The second-order valence-electron chi connectivity index (χ2n) is 6.76. The average Bonchev–Trinajstić information content (AvgIpc) is 3.11. The smallest absolute Gasteiger partial charge is 0.341 e. The molecule has 0 bridgehead atoms. The number of benzene rings is 2. The molecule has 0 aliphatic carbocycles. The summed E-state index contributed by atoms with van der Waals surface area (Å²) in [6.07, 6.45) is 3.14.